The fraction of sp³-hybridized carbons (Fsp3) is 0.148. The fourth-order valence-electron chi connectivity index (χ4n) is 4.20. The quantitative estimate of drug-likeness (QED) is 0.352. The van der Waals surface area contributed by atoms with Gasteiger partial charge in [-0.15, -0.1) is 0 Å². The minimum absolute atomic E-state index is 0.271. The average Bonchev–Trinajstić information content (AvgIpc) is 3.35. The van der Waals surface area contributed by atoms with Crippen LogP contribution in [0, 0.1) is 6.92 Å². The lowest BCUT2D eigenvalue weighted by molar-refractivity contribution is 0.244. The Morgan fingerprint density at radius 2 is 1.77 bits per heavy atom. The second kappa shape index (κ2) is 9.27. The van der Waals surface area contributed by atoms with E-state index in [-0.39, 0.29) is 6.03 Å². The van der Waals surface area contributed by atoms with Gasteiger partial charge in [0.1, 0.15) is 5.75 Å². The molecular formula is C27H23ClN4O3. The van der Waals surface area contributed by atoms with Crippen LogP contribution in [-0.4, -0.2) is 23.3 Å². The van der Waals surface area contributed by atoms with Crippen molar-refractivity contribution in [1.82, 2.24) is 15.5 Å². The molecule has 0 fully saturated rings. The predicted molar refractivity (Wildman–Crippen MR) is 135 cm³/mol. The zero-order valence-electron chi connectivity index (χ0n) is 19.4. The smallest absolute Gasteiger partial charge is 0.326 e. The molecule has 1 aliphatic rings. The number of aromatic nitrogens is 2. The highest BCUT2D eigenvalue weighted by atomic mass is 35.5. The third-order valence-electron chi connectivity index (χ3n) is 5.95. The van der Waals surface area contributed by atoms with Crippen LogP contribution in [-0.2, 0) is 0 Å². The first-order chi connectivity index (χ1) is 16.9. The average molecular weight is 487 g/mol. The molecule has 0 radical (unpaired) electrons. The summed E-state index contributed by atoms with van der Waals surface area (Å²) in [6.07, 6.45) is 0. The van der Waals surface area contributed by atoms with Crippen LogP contribution in [0.2, 0.25) is 5.02 Å². The number of allylic oxidation sites excluding steroid dienone is 1. The van der Waals surface area contributed by atoms with Crippen molar-refractivity contribution < 1.29 is 14.1 Å². The van der Waals surface area contributed by atoms with E-state index >= 15 is 0 Å². The minimum Gasteiger partial charge on any atom is -0.497 e. The molecule has 4 aromatic rings. The molecule has 35 heavy (non-hydrogen) atoms. The molecule has 1 N–H and O–H groups in total. The second-order valence-electron chi connectivity index (χ2n) is 8.26. The molecule has 176 valence electrons. The van der Waals surface area contributed by atoms with Gasteiger partial charge in [-0.3, -0.25) is 4.90 Å². The summed E-state index contributed by atoms with van der Waals surface area (Å²) in [5, 5.41) is 7.92. The summed E-state index contributed by atoms with van der Waals surface area (Å²) in [5.74, 6) is 1.53. The van der Waals surface area contributed by atoms with E-state index in [2.05, 4.69) is 10.5 Å². The topological polar surface area (TPSA) is 80.5 Å². The van der Waals surface area contributed by atoms with Crippen molar-refractivity contribution in [1.29, 1.82) is 0 Å². The summed E-state index contributed by atoms with van der Waals surface area (Å²) < 4.78 is 11.1. The molecule has 2 heterocycles. The zero-order valence-corrected chi connectivity index (χ0v) is 20.2. The summed E-state index contributed by atoms with van der Waals surface area (Å²) in [6.45, 7) is 3.88. The van der Waals surface area contributed by atoms with E-state index in [1.165, 1.54) is 0 Å². The number of nitrogens with zero attached hydrogens (tertiary/aromatic N) is 3. The molecule has 2 amide bonds. The largest absolute Gasteiger partial charge is 0.497 e. The standard InChI is InChI=1S/C27H23ClN4O3/c1-16-5-4-6-19(15-16)25-30-26(35-31-25)23-17(2)32(21-11-9-20(28)10-12-21)27(33)29-24(23)18-7-13-22(34-3)14-8-18/h4-15,24H,1-3H3,(H,29,33). The Labute approximate surface area is 208 Å². The van der Waals surface area contributed by atoms with Gasteiger partial charge in [0.05, 0.1) is 24.4 Å². The number of halogens is 1. The van der Waals surface area contributed by atoms with Crippen LogP contribution in [0.3, 0.4) is 0 Å². The Morgan fingerprint density at radius 1 is 1.03 bits per heavy atom. The lowest BCUT2D eigenvalue weighted by atomic mass is 9.94. The number of benzene rings is 3. The van der Waals surface area contributed by atoms with Gasteiger partial charge < -0.3 is 14.6 Å². The third kappa shape index (κ3) is 4.38. The van der Waals surface area contributed by atoms with Gasteiger partial charge in [-0.25, -0.2) is 4.79 Å². The highest BCUT2D eigenvalue weighted by Gasteiger charge is 2.36. The number of carbonyl (C=O) groups excluding carboxylic acids is 1. The molecular weight excluding hydrogens is 464 g/mol. The first-order valence-corrected chi connectivity index (χ1v) is 11.4. The second-order valence-corrected chi connectivity index (χ2v) is 8.70. The summed E-state index contributed by atoms with van der Waals surface area (Å²) in [7, 11) is 1.61. The Bertz CT molecular complexity index is 1410. The summed E-state index contributed by atoms with van der Waals surface area (Å²) in [5.41, 5.74) is 4.87. The van der Waals surface area contributed by atoms with Gasteiger partial charge in [0.25, 0.3) is 5.89 Å². The number of amides is 2. The summed E-state index contributed by atoms with van der Waals surface area (Å²) >= 11 is 6.07. The van der Waals surface area contributed by atoms with Crippen LogP contribution in [0.15, 0.2) is 83.0 Å². The highest BCUT2D eigenvalue weighted by molar-refractivity contribution is 6.30. The number of carbonyl (C=O) groups is 1. The van der Waals surface area contributed by atoms with E-state index in [9.17, 15) is 4.79 Å². The molecule has 0 bridgehead atoms. The molecule has 1 aromatic heterocycles. The Morgan fingerprint density at radius 3 is 2.46 bits per heavy atom. The van der Waals surface area contributed by atoms with E-state index in [0.717, 1.165) is 22.4 Å². The number of anilines is 1. The van der Waals surface area contributed by atoms with Crippen molar-refractivity contribution in [3.63, 3.8) is 0 Å². The van der Waals surface area contributed by atoms with Crippen LogP contribution in [0.4, 0.5) is 10.5 Å². The van der Waals surface area contributed by atoms with E-state index in [1.54, 1.807) is 36.3 Å². The lowest BCUT2D eigenvalue weighted by Gasteiger charge is -2.35. The molecule has 0 saturated heterocycles. The molecule has 7 nitrogen and oxygen atoms in total. The number of methoxy groups -OCH3 is 1. The van der Waals surface area contributed by atoms with Crippen molar-refractivity contribution in [2.24, 2.45) is 0 Å². The molecule has 5 rings (SSSR count). The van der Waals surface area contributed by atoms with Crippen molar-refractivity contribution in [3.05, 3.63) is 101 Å². The van der Waals surface area contributed by atoms with Gasteiger partial charge in [-0.05, 0) is 61.9 Å². The normalized spacial score (nSPS) is 15.8. The third-order valence-corrected chi connectivity index (χ3v) is 6.20. The maximum atomic E-state index is 13.3. The highest BCUT2D eigenvalue weighted by Crippen LogP contribution is 2.39. The van der Waals surface area contributed by atoms with Crippen LogP contribution >= 0.6 is 11.6 Å². The van der Waals surface area contributed by atoms with Crippen molar-refractivity contribution in [3.8, 4) is 17.1 Å². The van der Waals surface area contributed by atoms with E-state index in [4.69, 9.17) is 25.8 Å². The summed E-state index contributed by atoms with van der Waals surface area (Å²) in [4.78, 5) is 19.6. The fourth-order valence-corrected chi connectivity index (χ4v) is 4.33. The number of aryl methyl sites for hydroxylation is 1. The van der Waals surface area contributed by atoms with Gasteiger partial charge >= 0.3 is 6.03 Å². The number of nitrogens with one attached hydrogen (secondary N) is 1. The summed E-state index contributed by atoms with van der Waals surface area (Å²) in [6, 6.07) is 21.7. The first kappa shape index (κ1) is 22.7. The van der Waals surface area contributed by atoms with Crippen LogP contribution in [0.25, 0.3) is 17.0 Å². The van der Waals surface area contributed by atoms with Gasteiger partial charge in [-0.2, -0.15) is 4.98 Å². The number of rotatable bonds is 5. The molecule has 0 aliphatic carbocycles. The van der Waals surface area contributed by atoms with Gasteiger partial charge in [-0.1, -0.05) is 52.7 Å². The number of ether oxygens (including phenoxy) is 1. The number of hydrogen-bond acceptors (Lipinski definition) is 5. The molecule has 3 aromatic carbocycles. The maximum Gasteiger partial charge on any atom is 0.326 e. The van der Waals surface area contributed by atoms with E-state index < -0.39 is 6.04 Å². The predicted octanol–water partition coefficient (Wildman–Crippen LogP) is 6.41. The van der Waals surface area contributed by atoms with Crippen LogP contribution < -0.4 is 15.0 Å². The number of urea groups is 1. The van der Waals surface area contributed by atoms with Crippen molar-refractivity contribution in [2.75, 3.05) is 12.0 Å². The van der Waals surface area contributed by atoms with E-state index in [0.29, 0.717) is 33.7 Å². The molecule has 0 saturated carbocycles. The van der Waals surface area contributed by atoms with Crippen molar-refractivity contribution >= 4 is 28.9 Å². The first-order valence-electron chi connectivity index (χ1n) is 11.1. The van der Waals surface area contributed by atoms with Gasteiger partial charge in [0.15, 0.2) is 0 Å². The van der Waals surface area contributed by atoms with Gasteiger partial charge in [0, 0.05) is 16.3 Å². The Kier molecular flexibility index (Phi) is 6.01. The minimum atomic E-state index is -0.497. The van der Waals surface area contributed by atoms with E-state index in [1.807, 2.05) is 62.4 Å². The molecule has 1 atom stereocenters. The number of hydrogen-bond donors (Lipinski definition) is 1. The SMILES string of the molecule is COc1ccc(C2NC(=O)N(c3ccc(Cl)cc3)C(C)=C2c2nc(-c3cccc(C)c3)no2)cc1. The zero-order chi connectivity index (χ0) is 24.5. The van der Waals surface area contributed by atoms with Crippen LogP contribution in [0.1, 0.15) is 30.0 Å². The molecule has 0 spiro atoms. The van der Waals surface area contributed by atoms with Gasteiger partial charge in [0.2, 0.25) is 5.82 Å². The monoisotopic (exact) mass is 486 g/mol. The Hall–Kier alpha value is -4.10. The lowest BCUT2D eigenvalue weighted by Crippen LogP contribution is -2.46. The van der Waals surface area contributed by atoms with Crippen molar-refractivity contribution in [2.45, 2.75) is 19.9 Å². The Balaban J connectivity index is 1.64. The molecule has 1 unspecified atom stereocenters. The van der Waals surface area contributed by atoms with Crippen LogP contribution in [0.5, 0.6) is 5.75 Å². The molecule has 8 heteroatoms. The maximum absolute atomic E-state index is 13.3. The molecule has 1 aliphatic heterocycles.